The zero-order chi connectivity index (χ0) is 25.6. The van der Waals surface area contributed by atoms with Crippen LogP contribution < -0.4 is 0 Å². The van der Waals surface area contributed by atoms with Crippen LogP contribution in [0.4, 0.5) is 11.4 Å². The summed E-state index contributed by atoms with van der Waals surface area (Å²) in [6, 6.07) is 28.9. The molecule has 180 valence electrons. The number of para-hydroxylation sites is 2. The van der Waals surface area contributed by atoms with Gasteiger partial charge in [-0.25, -0.2) is 0 Å². The standard InChI is InChI=1S/C29H20N4O4/c34-32(35)21-13-9-19(10-14-21)29(20-11-15-22(16-12-20)33(36)37,25-17-30-27-7-3-1-5-23(25)27)26-18-31-28-8-4-2-6-24(26)28/h1-18,30-31H. The molecule has 0 amide bonds. The van der Waals surface area contributed by atoms with Crippen LogP contribution in [0, 0.1) is 20.2 Å². The maximum Gasteiger partial charge on any atom is 0.269 e. The molecule has 0 radical (unpaired) electrons. The second-order valence-electron chi connectivity index (χ2n) is 8.85. The summed E-state index contributed by atoms with van der Waals surface area (Å²) >= 11 is 0. The lowest BCUT2D eigenvalue weighted by molar-refractivity contribution is -0.385. The van der Waals surface area contributed by atoms with Crippen molar-refractivity contribution in [3.05, 3.63) is 152 Å². The second kappa shape index (κ2) is 8.46. The fourth-order valence-corrected chi connectivity index (χ4v) is 5.36. The fourth-order valence-electron chi connectivity index (χ4n) is 5.36. The summed E-state index contributed by atoms with van der Waals surface area (Å²) in [5.74, 6) is 0. The van der Waals surface area contributed by atoms with E-state index in [0.29, 0.717) is 0 Å². The molecule has 0 spiro atoms. The van der Waals surface area contributed by atoms with Gasteiger partial charge in [-0.05, 0) is 34.4 Å². The van der Waals surface area contributed by atoms with Crippen molar-refractivity contribution in [1.29, 1.82) is 0 Å². The zero-order valence-electron chi connectivity index (χ0n) is 19.4. The number of nitrogens with one attached hydrogen (secondary N) is 2. The highest BCUT2D eigenvalue weighted by Crippen LogP contribution is 2.50. The largest absolute Gasteiger partial charge is 0.361 e. The Morgan fingerprint density at radius 1 is 0.541 bits per heavy atom. The molecular weight excluding hydrogens is 468 g/mol. The Kier molecular flexibility index (Phi) is 5.08. The van der Waals surface area contributed by atoms with Crippen LogP contribution in [-0.4, -0.2) is 19.8 Å². The van der Waals surface area contributed by atoms with Crippen LogP contribution in [0.15, 0.2) is 109 Å². The number of hydrogen-bond acceptors (Lipinski definition) is 4. The molecule has 8 nitrogen and oxygen atoms in total. The number of nitrogens with zero attached hydrogens (tertiary/aromatic N) is 2. The normalized spacial score (nSPS) is 11.7. The van der Waals surface area contributed by atoms with E-state index in [9.17, 15) is 20.2 Å². The number of rotatable bonds is 6. The summed E-state index contributed by atoms with van der Waals surface area (Å²) in [6.45, 7) is 0. The molecule has 2 heterocycles. The van der Waals surface area contributed by atoms with Crippen molar-refractivity contribution in [1.82, 2.24) is 9.97 Å². The summed E-state index contributed by atoms with van der Waals surface area (Å²) in [7, 11) is 0. The quantitative estimate of drug-likeness (QED) is 0.197. The van der Waals surface area contributed by atoms with Crippen LogP contribution in [-0.2, 0) is 5.41 Å². The third kappa shape index (κ3) is 3.38. The van der Waals surface area contributed by atoms with Crippen LogP contribution >= 0.6 is 0 Å². The zero-order valence-corrected chi connectivity index (χ0v) is 19.4. The maximum absolute atomic E-state index is 11.5. The van der Waals surface area contributed by atoms with Gasteiger partial charge < -0.3 is 9.97 Å². The molecule has 6 rings (SSSR count). The monoisotopic (exact) mass is 488 g/mol. The van der Waals surface area contributed by atoms with Crippen molar-refractivity contribution in [2.45, 2.75) is 5.41 Å². The highest BCUT2D eigenvalue weighted by atomic mass is 16.6. The SMILES string of the molecule is O=[N+]([O-])c1ccc(C(c2ccc([N+](=O)[O-])cc2)(c2c[nH]c3ccccc23)c2c[nH]c3ccccc23)cc1. The predicted molar refractivity (Wildman–Crippen MR) is 142 cm³/mol. The number of nitro groups is 2. The molecule has 0 saturated carbocycles. The first-order valence-electron chi connectivity index (χ1n) is 11.6. The van der Waals surface area contributed by atoms with Crippen molar-refractivity contribution in [3.63, 3.8) is 0 Å². The van der Waals surface area contributed by atoms with Gasteiger partial charge in [0, 0.05) is 58.5 Å². The maximum atomic E-state index is 11.5. The number of fused-ring (bicyclic) bond motifs is 2. The van der Waals surface area contributed by atoms with Gasteiger partial charge in [0.15, 0.2) is 0 Å². The minimum absolute atomic E-state index is 0.0146. The summed E-state index contributed by atoms with van der Waals surface area (Å²) in [5.41, 5.74) is 4.33. The summed E-state index contributed by atoms with van der Waals surface area (Å²) in [5, 5.41) is 24.9. The van der Waals surface area contributed by atoms with Crippen LogP contribution in [0.2, 0.25) is 0 Å². The Bertz CT molecular complexity index is 1650. The fraction of sp³-hybridized carbons (Fsp3) is 0.0345. The average Bonchev–Trinajstić information content (AvgIpc) is 3.56. The Morgan fingerprint density at radius 3 is 1.30 bits per heavy atom. The molecule has 0 saturated heterocycles. The van der Waals surface area contributed by atoms with Gasteiger partial charge >= 0.3 is 0 Å². The molecule has 4 aromatic carbocycles. The number of H-pyrrole nitrogens is 2. The van der Waals surface area contributed by atoms with Gasteiger partial charge in [0.1, 0.15) is 0 Å². The summed E-state index contributed by atoms with van der Waals surface area (Å²) in [6.07, 6.45) is 3.91. The second-order valence-corrected chi connectivity index (χ2v) is 8.85. The van der Waals surface area contributed by atoms with Crippen LogP contribution in [0.1, 0.15) is 22.3 Å². The molecule has 8 heteroatoms. The van der Waals surface area contributed by atoms with Crippen molar-refractivity contribution in [2.24, 2.45) is 0 Å². The van der Waals surface area contributed by atoms with E-state index in [0.717, 1.165) is 44.1 Å². The molecule has 6 aromatic rings. The van der Waals surface area contributed by atoms with Gasteiger partial charge in [0.05, 0.1) is 15.3 Å². The van der Waals surface area contributed by atoms with E-state index < -0.39 is 15.3 Å². The van der Waals surface area contributed by atoms with Gasteiger partial charge in [0.25, 0.3) is 11.4 Å². The molecule has 2 N–H and O–H groups in total. The lowest BCUT2D eigenvalue weighted by Gasteiger charge is -2.35. The topological polar surface area (TPSA) is 118 Å². The summed E-state index contributed by atoms with van der Waals surface area (Å²) < 4.78 is 0. The highest BCUT2D eigenvalue weighted by Gasteiger charge is 2.42. The molecule has 0 aliphatic rings. The highest BCUT2D eigenvalue weighted by molar-refractivity contribution is 5.92. The van der Waals surface area contributed by atoms with E-state index in [1.54, 1.807) is 24.3 Å². The molecule has 0 fully saturated rings. The molecule has 0 bridgehead atoms. The van der Waals surface area contributed by atoms with Gasteiger partial charge in [0.2, 0.25) is 0 Å². The van der Waals surface area contributed by atoms with Crippen molar-refractivity contribution in [2.75, 3.05) is 0 Å². The number of nitro benzene ring substituents is 2. The number of benzene rings is 4. The van der Waals surface area contributed by atoms with E-state index in [-0.39, 0.29) is 11.4 Å². The minimum atomic E-state index is -0.955. The third-order valence-electron chi connectivity index (χ3n) is 7.01. The molecular formula is C29H20N4O4. The number of aromatic amines is 2. The average molecular weight is 489 g/mol. The Labute approximate surface area is 210 Å². The lowest BCUT2D eigenvalue weighted by atomic mass is 9.65. The minimum Gasteiger partial charge on any atom is -0.361 e. The number of aromatic nitrogens is 2. The molecule has 0 aliphatic heterocycles. The smallest absolute Gasteiger partial charge is 0.269 e. The van der Waals surface area contributed by atoms with E-state index in [4.69, 9.17) is 0 Å². The van der Waals surface area contributed by atoms with Crippen LogP contribution in [0.25, 0.3) is 21.8 Å². The Hall–Kier alpha value is -5.24. The first-order chi connectivity index (χ1) is 18.0. The molecule has 0 aliphatic carbocycles. The number of non-ortho nitro benzene ring substituents is 2. The third-order valence-corrected chi connectivity index (χ3v) is 7.01. The first kappa shape index (κ1) is 22.2. The van der Waals surface area contributed by atoms with E-state index in [1.807, 2.05) is 60.9 Å². The van der Waals surface area contributed by atoms with E-state index >= 15 is 0 Å². The van der Waals surface area contributed by atoms with Crippen molar-refractivity contribution >= 4 is 33.2 Å². The molecule has 37 heavy (non-hydrogen) atoms. The van der Waals surface area contributed by atoms with Gasteiger partial charge in [-0.3, -0.25) is 20.2 Å². The van der Waals surface area contributed by atoms with E-state index in [2.05, 4.69) is 9.97 Å². The van der Waals surface area contributed by atoms with Crippen LogP contribution in [0.5, 0.6) is 0 Å². The number of hydrogen-bond donors (Lipinski definition) is 2. The lowest BCUT2D eigenvalue weighted by Crippen LogP contribution is -2.30. The van der Waals surface area contributed by atoms with Gasteiger partial charge in [-0.15, -0.1) is 0 Å². The van der Waals surface area contributed by atoms with Crippen molar-refractivity contribution in [3.8, 4) is 0 Å². The Balaban J connectivity index is 1.78. The molecule has 0 unspecified atom stereocenters. The van der Waals surface area contributed by atoms with Crippen LogP contribution in [0.3, 0.4) is 0 Å². The summed E-state index contributed by atoms with van der Waals surface area (Å²) in [4.78, 5) is 28.9. The van der Waals surface area contributed by atoms with E-state index in [1.165, 1.54) is 24.3 Å². The van der Waals surface area contributed by atoms with Gasteiger partial charge in [-0.2, -0.15) is 0 Å². The first-order valence-corrected chi connectivity index (χ1v) is 11.6. The molecule has 0 atom stereocenters. The van der Waals surface area contributed by atoms with Gasteiger partial charge in [-0.1, -0.05) is 60.7 Å². The van der Waals surface area contributed by atoms with Crippen molar-refractivity contribution < 1.29 is 9.85 Å². The molecule has 2 aromatic heterocycles. The Morgan fingerprint density at radius 2 is 0.919 bits per heavy atom. The predicted octanol–water partition coefficient (Wildman–Crippen LogP) is 6.85.